The van der Waals surface area contributed by atoms with Crippen LogP contribution in [0.3, 0.4) is 0 Å². The van der Waals surface area contributed by atoms with Crippen LogP contribution in [-0.2, 0) is 4.74 Å². The Morgan fingerprint density at radius 3 is 3.06 bits per heavy atom. The number of nitrogens with zero attached hydrogens (tertiary/aromatic N) is 2. The molecule has 5 heteroatoms. The molecule has 0 aromatic rings. The van der Waals surface area contributed by atoms with E-state index in [9.17, 15) is 4.79 Å². The van der Waals surface area contributed by atoms with Crippen molar-refractivity contribution in [2.75, 3.05) is 13.2 Å². The number of carbonyl (C=O) groups excluding carboxylic acids is 1. The highest BCUT2D eigenvalue weighted by Crippen LogP contribution is 2.34. The van der Waals surface area contributed by atoms with Gasteiger partial charge in [-0.2, -0.15) is 4.99 Å². The molecule has 92 valence electrons. The number of hydrogen-bond acceptors (Lipinski definition) is 3. The number of nitrogens with two attached hydrogens (primary N) is 1. The first kappa shape index (κ1) is 11.9. The van der Waals surface area contributed by atoms with Crippen LogP contribution in [0.1, 0.15) is 26.2 Å². The fraction of sp³-hybridized carbons (Fsp3) is 0.667. The SMILES string of the molecule is C#CC(C)N1C(=O)N=C(N)C12CCCOCC2. The lowest BCUT2D eigenvalue weighted by Crippen LogP contribution is -2.57. The van der Waals surface area contributed by atoms with Gasteiger partial charge in [-0.3, -0.25) is 4.90 Å². The predicted molar refractivity (Wildman–Crippen MR) is 64.6 cm³/mol. The number of aliphatic imine (C=N–C) groups is 1. The smallest absolute Gasteiger partial charge is 0.347 e. The normalized spacial score (nSPS) is 30.9. The van der Waals surface area contributed by atoms with Crippen LogP contribution in [0.25, 0.3) is 0 Å². The average Bonchev–Trinajstić information content (AvgIpc) is 2.49. The van der Waals surface area contributed by atoms with Gasteiger partial charge in [-0.25, -0.2) is 4.79 Å². The molecule has 2 heterocycles. The van der Waals surface area contributed by atoms with Gasteiger partial charge in [-0.1, -0.05) is 5.92 Å². The molecule has 1 fully saturated rings. The van der Waals surface area contributed by atoms with Crippen molar-refractivity contribution < 1.29 is 9.53 Å². The van der Waals surface area contributed by atoms with E-state index >= 15 is 0 Å². The summed E-state index contributed by atoms with van der Waals surface area (Å²) in [6.45, 7) is 3.10. The van der Waals surface area contributed by atoms with Gasteiger partial charge in [0, 0.05) is 19.6 Å². The van der Waals surface area contributed by atoms with Gasteiger partial charge in [0.25, 0.3) is 0 Å². The first-order valence-electron chi connectivity index (χ1n) is 5.83. The summed E-state index contributed by atoms with van der Waals surface area (Å²) in [5.74, 6) is 2.97. The molecule has 2 aliphatic heterocycles. The molecule has 1 spiro atoms. The molecule has 2 N–H and O–H groups in total. The van der Waals surface area contributed by atoms with E-state index in [0.717, 1.165) is 12.8 Å². The Bertz CT molecular complexity index is 389. The molecule has 0 radical (unpaired) electrons. The number of amides is 2. The number of carbonyl (C=O) groups is 1. The highest BCUT2D eigenvalue weighted by molar-refractivity contribution is 6.06. The van der Waals surface area contributed by atoms with Crippen molar-refractivity contribution in [3.8, 4) is 12.3 Å². The van der Waals surface area contributed by atoms with Crippen molar-refractivity contribution in [3.63, 3.8) is 0 Å². The van der Waals surface area contributed by atoms with Gasteiger partial charge in [0.15, 0.2) is 0 Å². The van der Waals surface area contributed by atoms with Crippen molar-refractivity contribution in [2.45, 2.75) is 37.8 Å². The zero-order chi connectivity index (χ0) is 12.5. The first-order chi connectivity index (χ1) is 8.12. The maximum absolute atomic E-state index is 11.9. The molecule has 0 aliphatic carbocycles. The summed E-state index contributed by atoms with van der Waals surface area (Å²) in [7, 11) is 0. The molecule has 5 nitrogen and oxygen atoms in total. The van der Waals surface area contributed by atoms with Crippen LogP contribution in [-0.4, -0.2) is 41.6 Å². The van der Waals surface area contributed by atoms with Crippen LogP contribution < -0.4 is 5.73 Å². The predicted octanol–water partition coefficient (Wildman–Crippen LogP) is 0.740. The van der Waals surface area contributed by atoms with E-state index in [2.05, 4.69) is 10.9 Å². The van der Waals surface area contributed by atoms with Crippen molar-refractivity contribution in [1.82, 2.24) is 4.90 Å². The van der Waals surface area contributed by atoms with Gasteiger partial charge in [0.2, 0.25) is 0 Å². The summed E-state index contributed by atoms with van der Waals surface area (Å²) >= 11 is 0. The third-order valence-corrected chi connectivity index (χ3v) is 3.53. The average molecular weight is 235 g/mol. The van der Waals surface area contributed by atoms with E-state index < -0.39 is 5.54 Å². The molecule has 0 bridgehead atoms. The van der Waals surface area contributed by atoms with E-state index in [4.69, 9.17) is 16.9 Å². The maximum atomic E-state index is 11.9. The standard InChI is InChI=1S/C12H17N3O2/c1-3-9(2)15-11(16)14-10(13)12(15)5-4-7-17-8-6-12/h1,9H,4-8H2,2H3,(H2,13,14,16). The maximum Gasteiger partial charge on any atom is 0.347 e. The molecule has 2 amide bonds. The largest absolute Gasteiger partial charge is 0.385 e. The molecular formula is C12H17N3O2. The Balaban J connectivity index is 2.36. The summed E-state index contributed by atoms with van der Waals surface area (Å²) in [6.07, 6.45) is 7.71. The van der Waals surface area contributed by atoms with Gasteiger partial charge in [-0.15, -0.1) is 6.42 Å². The Kier molecular flexibility index (Phi) is 3.07. The van der Waals surface area contributed by atoms with Crippen molar-refractivity contribution >= 4 is 11.9 Å². The summed E-state index contributed by atoms with van der Waals surface area (Å²) in [4.78, 5) is 17.4. The van der Waals surface area contributed by atoms with Crippen LogP contribution >= 0.6 is 0 Å². The van der Waals surface area contributed by atoms with E-state index in [1.165, 1.54) is 0 Å². The fourth-order valence-electron chi connectivity index (χ4n) is 2.61. The molecule has 0 saturated carbocycles. The highest BCUT2D eigenvalue weighted by Gasteiger charge is 2.49. The first-order valence-corrected chi connectivity index (χ1v) is 5.83. The number of terminal acetylenes is 1. The Labute approximate surface area is 101 Å². The summed E-state index contributed by atoms with van der Waals surface area (Å²) in [6, 6.07) is -0.625. The lowest BCUT2D eigenvalue weighted by atomic mass is 9.87. The lowest BCUT2D eigenvalue weighted by Gasteiger charge is -2.39. The molecule has 0 aromatic carbocycles. The molecule has 2 rings (SSSR count). The number of amidine groups is 1. The number of hydrogen-bond donors (Lipinski definition) is 1. The Morgan fingerprint density at radius 2 is 2.35 bits per heavy atom. The van der Waals surface area contributed by atoms with Crippen LogP contribution in [0, 0.1) is 12.3 Å². The minimum Gasteiger partial charge on any atom is -0.385 e. The van der Waals surface area contributed by atoms with E-state index in [-0.39, 0.29) is 12.1 Å². The fourth-order valence-corrected chi connectivity index (χ4v) is 2.61. The Morgan fingerprint density at radius 1 is 1.59 bits per heavy atom. The third-order valence-electron chi connectivity index (χ3n) is 3.53. The van der Waals surface area contributed by atoms with E-state index in [0.29, 0.717) is 25.5 Å². The van der Waals surface area contributed by atoms with Gasteiger partial charge in [0.05, 0.1) is 6.04 Å². The third kappa shape index (κ3) is 1.79. The minimum absolute atomic E-state index is 0.301. The number of rotatable bonds is 1. The molecule has 1 saturated heterocycles. The van der Waals surface area contributed by atoms with Crippen molar-refractivity contribution in [1.29, 1.82) is 0 Å². The molecule has 0 aromatic heterocycles. The minimum atomic E-state index is -0.528. The van der Waals surface area contributed by atoms with Gasteiger partial charge < -0.3 is 10.5 Å². The monoisotopic (exact) mass is 235 g/mol. The van der Waals surface area contributed by atoms with Gasteiger partial charge >= 0.3 is 6.03 Å². The molecule has 17 heavy (non-hydrogen) atoms. The highest BCUT2D eigenvalue weighted by atomic mass is 16.5. The van der Waals surface area contributed by atoms with E-state index in [1.807, 2.05) is 6.92 Å². The van der Waals surface area contributed by atoms with Gasteiger partial charge in [-0.05, 0) is 19.8 Å². The van der Waals surface area contributed by atoms with E-state index in [1.54, 1.807) is 4.90 Å². The zero-order valence-electron chi connectivity index (χ0n) is 9.98. The van der Waals surface area contributed by atoms with Crippen molar-refractivity contribution in [2.24, 2.45) is 10.7 Å². The second kappa shape index (κ2) is 4.38. The zero-order valence-corrected chi connectivity index (χ0v) is 9.98. The summed E-state index contributed by atoms with van der Waals surface area (Å²) < 4.78 is 5.43. The lowest BCUT2D eigenvalue weighted by molar-refractivity contribution is 0.120. The second-order valence-corrected chi connectivity index (χ2v) is 4.49. The molecule has 2 aliphatic rings. The Hall–Kier alpha value is -1.54. The van der Waals surface area contributed by atoms with Gasteiger partial charge in [0.1, 0.15) is 11.4 Å². The van der Waals surface area contributed by atoms with Crippen LogP contribution in [0.2, 0.25) is 0 Å². The molecular weight excluding hydrogens is 218 g/mol. The topological polar surface area (TPSA) is 67.9 Å². The number of ether oxygens (including phenoxy) is 1. The quantitative estimate of drug-likeness (QED) is 0.682. The number of urea groups is 1. The second-order valence-electron chi connectivity index (χ2n) is 4.49. The van der Waals surface area contributed by atoms with Crippen molar-refractivity contribution in [3.05, 3.63) is 0 Å². The summed E-state index contributed by atoms with van der Waals surface area (Å²) in [5.41, 5.74) is 5.42. The molecule has 2 atom stereocenters. The van der Waals surface area contributed by atoms with Crippen LogP contribution in [0.4, 0.5) is 4.79 Å². The van der Waals surface area contributed by atoms with Crippen LogP contribution in [0.15, 0.2) is 4.99 Å². The summed E-state index contributed by atoms with van der Waals surface area (Å²) in [5, 5.41) is 0. The molecule has 2 unspecified atom stereocenters. The van der Waals surface area contributed by atoms with Crippen LogP contribution in [0.5, 0.6) is 0 Å².